The maximum Gasteiger partial charge on any atom is 0.317 e. The Balaban J connectivity index is 2.08. The van der Waals surface area contributed by atoms with Crippen LogP contribution < -0.4 is 0 Å². The Kier molecular flexibility index (Phi) is 2.31. The average Bonchev–Trinajstić information content (AvgIpc) is 2.99. The summed E-state index contributed by atoms with van der Waals surface area (Å²) in [6.07, 6.45) is 1.22. The van der Waals surface area contributed by atoms with Crippen molar-refractivity contribution >= 4 is 11.8 Å². The van der Waals surface area contributed by atoms with Gasteiger partial charge in [0.1, 0.15) is 5.41 Å². The second kappa shape index (κ2) is 3.50. The molecule has 1 aromatic carbocycles. The van der Waals surface area contributed by atoms with Gasteiger partial charge < -0.3 is 5.11 Å². The van der Waals surface area contributed by atoms with E-state index in [1.165, 1.54) is 0 Å². The first-order valence-electron chi connectivity index (χ1n) is 4.96. The van der Waals surface area contributed by atoms with Gasteiger partial charge in [0.05, 0.1) is 0 Å². The third-order valence-corrected chi connectivity index (χ3v) is 2.90. The SMILES string of the molecule is O=C(O)C1(C(=O)Cc2ccccc2)CC1. The maximum absolute atomic E-state index is 11.8. The van der Waals surface area contributed by atoms with Gasteiger partial charge in [0.15, 0.2) is 5.78 Å². The highest BCUT2D eigenvalue weighted by molar-refractivity contribution is 6.06. The summed E-state index contributed by atoms with van der Waals surface area (Å²) in [5.41, 5.74) is -0.175. The molecule has 0 heterocycles. The van der Waals surface area contributed by atoms with E-state index in [0.717, 1.165) is 5.56 Å². The van der Waals surface area contributed by atoms with E-state index >= 15 is 0 Å². The summed E-state index contributed by atoms with van der Waals surface area (Å²) in [5, 5.41) is 8.93. The van der Waals surface area contributed by atoms with Crippen molar-refractivity contribution in [1.29, 1.82) is 0 Å². The van der Waals surface area contributed by atoms with Gasteiger partial charge in [-0.2, -0.15) is 0 Å². The van der Waals surface area contributed by atoms with Crippen LogP contribution in [0.4, 0.5) is 0 Å². The molecule has 0 radical (unpaired) electrons. The summed E-state index contributed by atoms with van der Waals surface area (Å²) in [5.74, 6) is -1.13. The van der Waals surface area contributed by atoms with Crippen LogP contribution in [-0.2, 0) is 16.0 Å². The number of hydrogen-bond acceptors (Lipinski definition) is 2. The fourth-order valence-electron chi connectivity index (χ4n) is 1.69. The van der Waals surface area contributed by atoms with Crippen molar-refractivity contribution in [1.82, 2.24) is 0 Å². The van der Waals surface area contributed by atoms with Gasteiger partial charge in [-0.15, -0.1) is 0 Å². The number of hydrogen-bond donors (Lipinski definition) is 1. The molecule has 78 valence electrons. The van der Waals surface area contributed by atoms with Crippen molar-refractivity contribution in [3.8, 4) is 0 Å². The molecule has 0 aliphatic heterocycles. The molecule has 0 aromatic heterocycles. The molecule has 0 atom stereocenters. The van der Waals surface area contributed by atoms with Crippen LogP contribution in [0.1, 0.15) is 18.4 Å². The van der Waals surface area contributed by atoms with Crippen LogP contribution >= 0.6 is 0 Å². The zero-order valence-electron chi connectivity index (χ0n) is 8.27. The maximum atomic E-state index is 11.8. The molecule has 1 saturated carbocycles. The lowest BCUT2D eigenvalue weighted by atomic mass is 9.95. The molecule has 0 unspecified atom stereocenters. The van der Waals surface area contributed by atoms with Crippen molar-refractivity contribution in [2.45, 2.75) is 19.3 Å². The van der Waals surface area contributed by atoms with Crippen molar-refractivity contribution in [3.63, 3.8) is 0 Å². The molecule has 0 bridgehead atoms. The molecule has 0 saturated heterocycles. The Hall–Kier alpha value is -1.64. The van der Waals surface area contributed by atoms with Crippen LogP contribution in [-0.4, -0.2) is 16.9 Å². The number of carbonyl (C=O) groups is 2. The van der Waals surface area contributed by atoms with Gasteiger partial charge in [-0.3, -0.25) is 9.59 Å². The number of carbonyl (C=O) groups excluding carboxylic acids is 1. The van der Waals surface area contributed by atoms with Crippen molar-refractivity contribution in [2.75, 3.05) is 0 Å². The number of Topliss-reactive ketones (excluding diaryl/α,β-unsaturated/α-hetero) is 1. The molecular weight excluding hydrogens is 192 g/mol. The Morgan fingerprint density at radius 3 is 2.27 bits per heavy atom. The van der Waals surface area contributed by atoms with Crippen LogP contribution in [0.25, 0.3) is 0 Å². The lowest BCUT2D eigenvalue weighted by Gasteiger charge is -2.07. The largest absolute Gasteiger partial charge is 0.480 e. The Bertz CT molecular complexity index is 391. The zero-order chi connectivity index (χ0) is 10.9. The lowest BCUT2D eigenvalue weighted by molar-refractivity contribution is -0.148. The number of ketones is 1. The van der Waals surface area contributed by atoms with Crippen LogP contribution in [0, 0.1) is 5.41 Å². The predicted molar refractivity (Wildman–Crippen MR) is 54.5 cm³/mol. The number of carboxylic acids is 1. The van der Waals surface area contributed by atoms with E-state index < -0.39 is 11.4 Å². The van der Waals surface area contributed by atoms with Gasteiger partial charge in [0.2, 0.25) is 0 Å². The molecule has 0 spiro atoms. The number of rotatable bonds is 4. The summed E-state index contributed by atoms with van der Waals surface area (Å²) in [7, 11) is 0. The number of carboxylic acid groups (broad SMARTS) is 1. The van der Waals surface area contributed by atoms with E-state index in [2.05, 4.69) is 0 Å². The standard InChI is InChI=1S/C12H12O3/c13-10(12(6-7-12)11(14)15)8-9-4-2-1-3-5-9/h1-5H,6-8H2,(H,14,15). The molecule has 1 aromatic rings. The molecule has 3 nitrogen and oxygen atoms in total. The topological polar surface area (TPSA) is 54.4 Å². The van der Waals surface area contributed by atoms with Crippen LogP contribution in [0.2, 0.25) is 0 Å². The Labute approximate surface area is 87.7 Å². The van der Waals surface area contributed by atoms with Gasteiger partial charge in [-0.05, 0) is 18.4 Å². The van der Waals surface area contributed by atoms with E-state index in [9.17, 15) is 9.59 Å². The average molecular weight is 204 g/mol. The quantitative estimate of drug-likeness (QED) is 0.759. The zero-order valence-corrected chi connectivity index (χ0v) is 8.27. The molecule has 15 heavy (non-hydrogen) atoms. The molecular formula is C12H12O3. The summed E-state index contributed by atoms with van der Waals surface area (Å²) >= 11 is 0. The Morgan fingerprint density at radius 2 is 1.80 bits per heavy atom. The lowest BCUT2D eigenvalue weighted by Crippen LogP contribution is -2.26. The van der Waals surface area contributed by atoms with E-state index in [1.54, 1.807) is 0 Å². The molecule has 1 aliphatic carbocycles. The molecule has 1 fully saturated rings. The fourth-order valence-corrected chi connectivity index (χ4v) is 1.69. The normalized spacial score (nSPS) is 17.1. The molecule has 0 amide bonds. The molecule has 1 N–H and O–H groups in total. The van der Waals surface area contributed by atoms with Gasteiger partial charge in [-0.25, -0.2) is 0 Å². The monoisotopic (exact) mass is 204 g/mol. The van der Waals surface area contributed by atoms with E-state index in [-0.39, 0.29) is 12.2 Å². The van der Waals surface area contributed by atoms with Crippen molar-refractivity contribution in [3.05, 3.63) is 35.9 Å². The van der Waals surface area contributed by atoms with Gasteiger partial charge >= 0.3 is 5.97 Å². The van der Waals surface area contributed by atoms with Gasteiger partial charge in [0, 0.05) is 6.42 Å². The summed E-state index contributed by atoms with van der Waals surface area (Å²) in [4.78, 5) is 22.7. The smallest absolute Gasteiger partial charge is 0.317 e. The first-order valence-corrected chi connectivity index (χ1v) is 4.96. The fraction of sp³-hybridized carbons (Fsp3) is 0.333. The van der Waals surface area contributed by atoms with Crippen molar-refractivity contribution in [2.24, 2.45) is 5.41 Å². The summed E-state index contributed by atoms with van der Waals surface area (Å²) in [6.45, 7) is 0. The second-order valence-electron chi connectivity index (χ2n) is 3.97. The minimum Gasteiger partial charge on any atom is -0.480 e. The highest BCUT2D eigenvalue weighted by Gasteiger charge is 2.56. The molecule has 3 heteroatoms. The first-order chi connectivity index (χ1) is 7.15. The van der Waals surface area contributed by atoms with Gasteiger partial charge in [-0.1, -0.05) is 30.3 Å². The third kappa shape index (κ3) is 1.77. The number of benzene rings is 1. The third-order valence-electron chi connectivity index (χ3n) is 2.90. The Morgan fingerprint density at radius 1 is 1.20 bits per heavy atom. The number of aliphatic carboxylic acids is 1. The minimum absolute atomic E-state index is 0.166. The molecule has 2 rings (SSSR count). The van der Waals surface area contributed by atoms with Gasteiger partial charge in [0.25, 0.3) is 0 Å². The van der Waals surface area contributed by atoms with E-state index in [4.69, 9.17) is 5.11 Å². The molecule has 1 aliphatic rings. The van der Waals surface area contributed by atoms with E-state index in [0.29, 0.717) is 12.8 Å². The summed E-state index contributed by atoms with van der Waals surface area (Å²) in [6, 6.07) is 9.26. The van der Waals surface area contributed by atoms with Crippen LogP contribution in [0.3, 0.4) is 0 Å². The summed E-state index contributed by atoms with van der Waals surface area (Å²) < 4.78 is 0. The highest BCUT2D eigenvalue weighted by atomic mass is 16.4. The van der Waals surface area contributed by atoms with Crippen molar-refractivity contribution < 1.29 is 14.7 Å². The first kappa shape index (κ1) is 9.90. The van der Waals surface area contributed by atoms with Crippen LogP contribution in [0.5, 0.6) is 0 Å². The van der Waals surface area contributed by atoms with Crippen LogP contribution in [0.15, 0.2) is 30.3 Å². The highest BCUT2D eigenvalue weighted by Crippen LogP contribution is 2.47. The minimum atomic E-state index is -1.06. The predicted octanol–water partition coefficient (Wildman–Crippen LogP) is 1.66. The van der Waals surface area contributed by atoms with E-state index in [1.807, 2.05) is 30.3 Å². The second-order valence-corrected chi connectivity index (χ2v) is 3.97.